The van der Waals surface area contributed by atoms with Crippen LogP contribution in [0.5, 0.6) is 0 Å². The zero-order valence-corrected chi connectivity index (χ0v) is 13.6. The average molecular weight is 370 g/mol. The molecule has 0 aliphatic heterocycles. The van der Waals surface area contributed by atoms with Crippen molar-refractivity contribution in [3.63, 3.8) is 0 Å². The van der Waals surface area contributed by atoms with Gasteiger partial charge in [-0.1, -0.05) is 18.6 Å². The summed E-state index contributed by atoms with van der Waals surface area (Å²) >= 11 is 3.27. The van der Waals surface area contributed by atoms with Gasteiger partial charge in [-0.2, -0.15) is 0 Å². The molecule has 0 radical (unpaired) electrons. The number of nitrogens with one attached hydrogen (secondary N) is 1. The Balaban J connectivity index is 0.00000180. The second-order valence-corrected chi connectivity index (χ2v) is 7.12. The molecule has 1 aromatic carbocycles. The lowest BCUT2D eigenvalue weighted by Crippen LogP contribution is -2.39. The van der Waals surface area contributed by atoms with Gasteiger partial charge in [-0.15, -0.1) is 12.4 Å². The van der Waals surface area contributed by atoms with Gasteiger partial charge in [0.25, 0.3) is 0 Å². The first-order valence-electron chi connectivity index (χ1n) is 6.01. The molecular formula is C12H18BrClN2O2S. The van der Waals surface area contributed by atoms with Crippen LogP contribution in [0.4, 0.5) is 0 Å². The monoisotopic (exact) mass is 368 g/mol. The molecule has 1 aliphatic rings. The van der Waals surface area contributed by atoms with E-state index in [9.17, 15) is 8.42 Å². The smallest absolute Gasteiger partial charge is 0.241 e. The number of rotatable bonds is 4. The van der Waals surface area contributed by atoms with Gasteiger partial charge < -0.3 is 5.73 Å². The van der Waals surface area contributed by atoms with Gasteiger partial charge in [0.1, 0.15) is 0 Å². The van der Waals surface area contributed by atoms with E-state index < -0.39 is 10.0 Å². The predicted molar refractivity (Wildman–Crippen MR) is 81.9 cm³/mol. The molecule has 19 heavy (non-hydrogen) atoms. The number of halogens is 2. The molecule has 108 valence electrons. The summed E-state index contributed by atoms with van der Waals surface area (Å²) in [5.41, 5.74) is 5.67. The summed E-state index contributed by atoms with van der Waals surface area (Å²) in [5.74, 6) is 0.252. The van der Waals surface area contributed by atoms with Crippen LogP contribution in [0.3, 0.4) is 0 Å². The molecule has 4 nitrogen and oxygen atoms in total. The average Bonchev–Trinajstić information content (AvgIpc) is 2.76. The minimum absolute atomic E-state index is 0. The summed E-state index contributed by atoms with van der Waals surface area (Å²) in [5, 5.41) is 0. The molecule has 1 aliphatic carbocycles. The van der Waals surface area contributed by atoms with Gasteiger partial charge in [0, 0.05) is 10.5 Å². The topological polar surface area (TPSA) is 72.2 Å². The first kappa shape index (κ1) is 16.9. The lowest BCUT2D eigenvalue weighted by molar-refractivity contribution is 0.453. The fraction of sp³-hybridized carbons (Fsp3) is 0.500. The van der Waals surface area contributed by atoms with Crippen molar-refractivity contribution in [1.82, 2.24) is 4.72 Å². The number of hydrogen-bond donors (Lipinski definition) is 2. The summed E-state index contributed by atoms with van der Waals surface area (Å²) in [6.45, 7) is 0.531. The van der Waals surface area contributed by atoms with Crippen LogP contribution >= 0.6 is 28.3 Å². The van der Waals surface area contributed by atoms with Crippen LogP contribution in [0.15, 0.2) is 33.6 Å². The van der Waals surface area contributed by atoms with Crippen molar-refractivity contribution in [2.45, 2.75) is 30.2 Å². The summed E-state index contributed by atoms with van der Waals surface area (Å²) in [6, 6.07) is 6.80. The van der Waals surface area contributed by atoms with Crippen LogP contribution in [0.1, 0.15) is 19.3 Å². The lowest BCUT2D eigenvalue weighted by Gasteiger charge is -2.19. The van der Waals surface area contributed by atoms with Crippen molar-refractivity contribution in [1.29, 1.82) is 0 Å². The quantitative estimate of drug-likeness (QED) is 0.855. The number of sulfonamides is 1. The van der Waals surface area contributed by atoms with Gasteiger partial charge in [0.05, 0.1) is 4.90 Å². The Bertz CT molecular complexity index is 524. The Kier molecular flexibility index (Phi) is 6.26. The second-order valence-electron chi connectivity index (χ2n) is 4.58. The summed E-state index contributed by atoms with van der Waals surface area (Å²) in [7, 11) is -3.47. The van der Waals surface area contributed by atoms with E-state index in [4.69, 9.17) is 5.73 Å². The van der Waals surface area contributed by atoms with E-state index in [1.165, 1.54) is 0 Å². The molecule has 0 amide bonds. The lowest BCUT2D eigenvalue weighted by atomic mass is 10.1. The van der Waals surface area contributed by atoms with E-state index >= 15 is 0 Å². The Morgan fingerprint density at radius 2 is 2.00 bits per heavy atom. The van der Waals surface area contributed by atoms with E-state index in [2.05, 4.69) is 20.7 Å². The van der Waals surface area contributed by atoms with E-state index in [0.29, 0.717) is 11.0 Å². The molecule has 1 aromatic rings. The second kappa shape index (κ2) is 7.04. The minimum atomic E-state index is -3.47. The maximum Gasteiger partial charge on any atom is 0.241 e. The molecule has 7 heteroatoms. The van der Waals surface area contributed by atoms with E-state index in [1.807, 2.05) is 0 Å². The summed E-state index contributed by atoms with van der Waals surface area (Å²) in [6.07, 6.45) is 2.90. The van der Waals surface area contributed by atoms with E-state index in [1.54, 1.807) is 24.3 Å². The van der Waals surface area contributed by atoms with Gasteiger partial charge in [0.2, 0.25) is 10.0 Å². The predicted octanol–water partition coefficient (Wildman–Crippen LogP) is 2.28. The molecule has 2 rings (SSSR count). The van der Waals surface area contributed by atoms with Gasteiger partial charge in [-0.3, -0.25) is 0 Å². The molecule has 2 atom stereocenters. The van der Waals surface area contributed by atoms with Crippen molar-refractivity contribution in [2.24, 2.45) is 11.7 Å². The van der Waals surface area contributed by atoms with Crippen LogP contribution in [-0.2, 0) is 10.0 Å². The first-order valence-corrected chi connectivity index (χ1v) is 8.29. The standard InChI is InChI=1S/C12H17BrN2O2S.ClH/c13-10-5-1-2-7-12(10)18(16,17)15-11-6-3-4-9(11)8-14;/h1-2,5,7,9,11,15H,3-4,6,8,14H2;1H. The number of hydrogen-bond acceptors (Lipinski definition) is 3. The maximum atomic E-state index is 12.3. The van der Waals surface area contributed by atoms with Crippen LogP contribution in [0.2, 0.25) is 0 Å². The molecular weight excluding hydrogens is 352 g/mol. The molecule has 0 saturated heterocycles. The van der Waals surface area contributed by atoms with Gasteiger partial charge >= 0.3 is 0 Å². The third-order valence-electron chi connectivity index (χ3n) is 3.39. The van der Waals surface area contributed by atoms with Crippen molar-refractivity contribution in [3.8, 4) is 0 Å². The van der Waals surface area contributed by atoms with Crippen LogP contribution in [0.25, 0.3) is 0 Å². The molecule has 1 saturated carbocycles. The van der Waals surface area contributed by atoms with E-state index in [-0.39, 0.29) is 29.3 Å². The number of benzene rings is 1. The molecule has 3 N–H and O–H groups in total. The van der Waals surface area contributed by atoms with E-state index in [0.717, 1.165) is 19.3 Å². The first-order chi connectivity index (χ1) is 8.54. The zero-order chi connectivity index (χ0) is 13.2. The largest absolute Gasteiger partial charge is 0.330 e. The maximum absolute atomic E-state index is 12.3. The highest BCUT2D eigenvalue weighted by molar-refractivity contribution is 9.10. The SMILES string of the molecule is Cl.NCC1CCCC1NS(=O)(=O)c1ccccc1Br. The van der Waals surface area contributed by atoms with Crippen LogP contribution < -0.4 is 10.5 Å². The molecule has 0 aromatic heterocycles. The Morgan fingerprint density at radius 1 is 1.32 bits per heavy atom. The van der Waals surface area contributed by atoms with Crippen molar-refractivity contribution >= 4 is 38.4 Å². The van der Waals surface area contributed by atoms with Crippen molar-refractivity contribution in [2.75, 3.05) is 6.54 Å². The zero-order valence-electron chi connectivity index (χ0n) is 10.4. The third-order valence-corrected chi connectivity index (χ3v) is 5.90. The van der Waals surface area contributed by atoms with Crippen LogP contribution in [0, 0.1) is 5.92 Å². The Labute approximate surface area is 128 Å². The molecule has 0 heterocycles. The summed E-state index contributed by atoms with van der Waals surface area (Å²) < 4.78 is 27.9. The summed E-state index contributed by atoms with van der Waals surface area (Å²) in [4.78, 5) is 0.285. The fourth-order valence-corrected chi connectivity index (χ4v) is 4.74. The minimum Gasteiger partial charge on any atom is -0.330 e. The van der Waals surface area contributed by atoms with Gasteiger partial charge in [-0.25, -0.2) is 13.1 Å². The highest BCUT2D eigenvalue weighted by Gasteiger charge is 2.30. The normalized spacial score (nSPS) is 23.1. The fourth-order valence-electron chi connectivity index (χ4n) is 2.40. The van der Waals surface area contributed by atoms with Crippen LogP contribution in [-0.4, -0.2) is 21.0 Å². The van der Waals surface area contributed by atoms with Gasteiger partial charge in [0.15, 0.2) is 0 Å². The highest BCUT2D eigenvalue weighted by atomic mass is 79.9. The van der Waals surface area contributed by atoms with Gasteiger partial charge in [-0.05, 0) is 53.4 Å². The Hall–Kier alpha value is -0.140. The molecule has 0 spiro atoms. The molecule has 1 fully saturated rings. The van der Waals surface area contributed by atoms with Crippen molar-refractivity contribution < 1.29 is 8.42 Å². The Morgan fingerprint density at radius 3 is 2.63 bits per heavy atom. The molecule has 2 unspecified atom stereocenters. The van der Waals surface area contributed by atoms with Crippen molar-refractivity contribution in [3.05, 3.63) is 28.7 Å². The third kappa shape index (κ3) is 3.92. The molecule has 0 bridgehead atoms. The number of nitrogens with two attached hydrogens (primary N) is 1. The highest BCUT2D eigenvalue weighted by Crippen LogP contribution is 2.27.